The van der Waals surface area contributed by atoms with Gasteiger partial charge in [0, 0.05) is 66.4 Å². The summed E-state index contributed by atoms with van der Waals surface area (Å²) in [5.74, 6) is 11.1. The van der Waals surface area contributed by atoms with E-state index in [0.29, 0.717) is 60.6 Å². The maximum atomic E-state index is 12.9. The van der Waals surface area contributed by atoms with Gasteiger partial charge in [-0.2, -0.15) is 0 Å². The second-order valence-electron chi connectivity index (χ2n) is 13.7. The van der Waals surface area contributed by atoms with Crippen molar-refractivity contribution in [2.75, 3.05) is 31.8 Å². The Morgan fingerprint density at radius 3 is 2.69 bits per heavy atom. The van der Waals surface area contributed by atoms with Crippen molar-refractivity contribution in [3.05, 3.63) is 46.0 Å². The molecule has 0 radical (unpaired) electrons. The van der Waals surface area contributed by atoms with Gasteiger partial charge in [0.15, 0.2) is 29.0 Å². The van der Waals surface area contributed by atoms with E-state index in [1.165, 1.54) is 7.11 Å². The van der Waals surface area contributed by atoms with Gasteiger partial charge >= 0.3 is 0 Å². The Bertz CT molecular complexity index is 1600. The van der Waals surface area contributed by atoms with Crippen LogP contribution in [0.25, 0.3) is 0 Å². The first-order valence-electron chi connectivity index (χ1n) is 17.1. The lowest BCUT2D eigenvalue weighted by Gasteiger charge is -2.40. The molecule has 6 rings (SSSR count). The molecule has 0 aromatic heterocycles. The standard InChI is InChI=1S/C37H47N3O6S2/c1-21(2)32-20-48-47-19-30(31-13-14-38-37(39-31)40-32)25-16-29-23-8-11-27(42)17-26(41)10-7-22-9-12-33(43)35(45-3)28(22)6-4-5-24(15-23)34(44)36(29)46-18-25/h9,12,15,21,25,27,30-32,42-44H,5,7-8,10-11,13-14,16-20H2,1-3H3,(H2,38,39,40). The van der Waals surface area contributed by atoms with Crippen molar-refractivity contribution >= 4 is 33.3 Å². The Balaban J connectivity index is 1.31. The van der Waals surface area contributed by atoms with Gasteiger partial charge in [-0.3, -0.25) is 9.79 Å². The minimum Gasteiger partial charge on any atom is -0.504 e. The average Bonchev–Trinajstić information content (AvgIpc) is 3.07. The number of benzene rings is 2. The van der Waals surface area contributed by atoms with Gasteiger partial charge in [-0.15, -0.1) is 0 Å². The molecule has 2 aromatic rings. The van der Waals surface area contributed by atoms with Crippen LogP contribution in [0.5, 0.6) is 23.0 Å². The number of carbonyl (C=O) groups is 1. The Labute approximate surface area is 291 Å². The summed E-state index contributed by atoms with van der Waals surface area (Å²) in [6.45, 7) is 5.77. The highest BCUT2D eigenvalue weighted by molar-refractivity contribution is 8.76. The topological polar surface area (TPSA) is 133 Å². The maximum absolute atomic E-state index is 12.9. The molecule has 48 heavy (non-hydrogen) atoms. The molecule has 4 bridgehead atoms. The Kier molecular flexibility index (Phi) is 11.2. The molecule has 2 aromatic carbocycles. The summed E-state index contributed by atoms with van der Waals surface area (Å²) in [6, 6.07) is 5.92. The number of nitrogens with zero attached hydrogens (tertiary/aromatic N) is 1. The van der Waals surface area contributed by atoms with Crippen LogP contribution in [0.2, 0.25) is 0 Å². The van der Waals surface area contributed by atoms with Crippen molar-refractivity contribution in [1.29, 1.82) is 0 Å². The number of hydrogen-bond donors (Lipinski definition) is 5. The number of phenols is 2. The summed E-state index contributed by atoms with van der Waals surface area (Å²) in [6.07, 6.45) is 2.93. The third-order valence-electron chi connectivity index (χ3n) is 10.1. The summed E-state index contributed by atoms with van der Waals surface area (Å²) in [4.78, 5) is 17.7. The van der Waals surface area contributed by atoms with Crippen LogP contribution in [0, 0.1) is 29.6 Å². The number of fused-ring (bicyclic) bond motifs is 7. The lowest BCUT2D eigenvalue weighted by atomic mass is 9.79. The SMILES string of the molecule is COc1c(O)ccc2c1C#CCc1cc(c3c(c1O)OCC(C1CSSCC(C(C)C)NC4=NCCC1N4)C3)CCC(O)CC(=O)CC2. The Morgan fingerprint density at radius 2 is 1.88 bits per heavy atom. The minimum atomic E-state index is -0.779. The predicted molar refractivity (Wildman–Crippen MR) is 192 cm³/mol. The molecule has 0 amide bonds. The van der Waals surface area contributed by atoms with E-state index >= 15 is 0 Å². The van der Waals surface area contributed by atoms with Crippen LogP contribution in [0.15, 0.2) is 23.2 Å². The third-order valence-corrected chi connectivity index (χ3v) is 12.6. The van der Waals surface area contributed by atoms with E-state index in [9.17, 15) is 20.1 Å². The molecule has 1 aliphatic carbocycles. The van der Waals surface area contributed by atoms with Gasteiger partial charge in [-0.25, -0.2) is 0 Å². The normalized spacial score (nSPS) is 26.4. The third kappa shape index (κ3) is 7.82. The van der Waals surface area contributed by atoms with Gasteiger partial charge in [0.1, 0.15) is 5.78 Å². The van der Waals surface area contributed by atoms with Crippen LogP contribution in [0.1, 0.15) is 67.3 Å². The minimum absolute atomic E-state index is 0.0244. The monoisotopic (exact) mass is 693 g/mol. The summed E-state index contributed by atoms with van der Waals surface area (Å²) < 4.78 is 12.0. The first kappa shape index (κ1) is 34.7. The molecule has 1 saturated heterocycles. The van der Waals surface area contributed by atoms with Crippen molar-refractivity contribution in [2.45, 2.75) is 83.4 Å². The first-order valence-corrected chi connectivity index (χ1v) is 19.6. The van der Waals surface area contributed by atoms with Crippen molar-refractivity contribution < 1.29 is 29.6 Å². The number of phenolic OH excluding ortho intramolecular Hbond substituents is 2. The van der Waals surface area contributed by atoms with E-state index in [1.54, 1.807) is 12.1 Å². The van der Waals surface area contributed by atoms with E-state index in [1.807, 2.05) is 27.7 Å². The van der Waals surface area contributed by atoms with E-state index in [2.05, 4.69) is 36.3 Å². The van der Waals surface area contributed by atoms with E-state index in [0.717, 1.165) is 53.5 Å². The molecule has 4 aliphatic rings. The summed E-state index contributed by atoms with van der Waals surface area (Å²) in [5.41, 5.74) is 3.97. The summed E-state index contributed by atoms with van der Waals surface area (Å²) in [5, 5.41) is 40.3. The molecule has 3 heterocycles. The molecule has 258 valence electrons. The summed E-state index contributed by atoms with van der Waals surface area (Å²) >= 11 is 0. The van der Waals surface area contributed by atoms with Crippen molar-refractivity contribution in [3.63, 3.8) is 0 Å². The number of aliphatic imine (C=N–C) groups is 1. The number of Topliss-reactive ketones (excluding diaryl/α,β-unsaturated/α-hetero) is 1. The first-order chi connectivity index (χ1) is 23.2. The number of aryl methyl sites for hydroxylation is 2. The number of rotatable bonds is 3. The number of methoxy groups -OCH3 is 1. The number of aliphatic hydroxyl groups excluding tert-OH is 1. The highest BCUT2D eigenvalue weighted by atomic mass is 33.1. The van der Waals surface area contributed by atoms with Crippen LogP contribution in [0.4, 0.5) is 0 Å². The molecule has 0 saturated carbocycles. The molecule has 1 fully saturated rings. The molecule has 5 unspecified atom stereocenters. The lowest BCUT2D eigenvalue weighted by molar-refractivity contribution is -0.121. The van der Waals surface area contributed by atoms with Gasteiger partial charge in [0.25, 0.3) is 0 Å². The van der Waals surface area contributed by atoms with Crippen LogP contribution in [-0.4, -0.2) is 77.0 Å². The molecule has 3 aliphatic heterocycles. The average molecular weight is 694 g/mol. The largest absolute Gasteiger partial charge is 0.504 e. The molecular formula is C37H47N3O6S2. The number of hydrogen-bond acceptors (Lipinski definition) is 11. The highest BCUT2D eigenvalue weighted by Crippen LogP contribution is 2.44. The molecule has 11 heteroatoms. The van der Waals surface area contributed by atoms with E-state index in [4.69, 9.17) is 14.5 Å². The zero-order valence-electron chi connectivity index (χ0n) is 28.0. The Morgan fingerprint density at radius 1 is 1.04 bits per heavy atom. The number of ether oxygens (including phenoxy) is 2. The molecule has 0 spiro atoms. The number of carbonyl (C=O) groups excluding carboxylic acids is 1. The van der Waals surface area contributed by atoms with Gasteiger partial charge in [-0.05, 0) is 61.1 Å². The number of aliphatic hydroxyl groups is 1. The van der Waals surface area contributed by atoms with Gasteiger partial charge < -0.3 is 35.4 Å². The maximum Gasteiger partial charge on any atom is 0.191 e. The number of aromatic hydroxyl groups is 2. The van der Waals surface area contributed by atoms with Crippen LogP contribution >= 0.6 is 21.6 Å². The molecule has 5 N–H and O–H groups in total. The molecule has 5 atom stereocenters. The van der Waals surface area contributed by atoms with Gasteiger partial charge in [-0.1, -0.05) is 59.4 Å². The van der Waals surface area contributed by atoms with Gasteiger partial charge in [0.05, 0.1) is 25.4 Å². The predicted octanol–water partition coefficient (Wildman–Crippen LogP) is 4.79. The van der Waals surface area contributed by atoms with Crippen LogP contribution in [-0.2, 0) is 30.5 Å². The zero-order valence-corrected chi connectivity index (χ0v) is 29.6. The Hall–Kier alpha value is -3.20. The fourth-order valence-corrected chi connectivity index (χ4v) is 10.2. The number of guanidine groups is 1. The summed E-state index contributed by atoms with van der Waals surface area (Å²) in [7, 11) is 5.33. The van der Waals surface area contributed by atoms with Crippen molar-refractivity contribution in [3.8, 4) is 34.8 Å². The fourth-order valence-electron chi connectivity index (χ4n) is 7.20. The molecule has 9 nitrogen and oxygen atoms in total. The van der Waals surface area contributed by atoms with Gasteiger partial charge in [0.2, 0.25) is 0 Å². The fraction of sp³-hybridized carbons (Fsp3) is 0.568. The molecular weight excluding hydrogens is 647 g/mol. The second kappa shape index (κ2) is 15.6. The lowest BCUT2D eigenvalue weighted by Crippen LogP contribution is -2.56. The zero-order chi connectivity index (χ0) is 33.8. The highest BCUT2D eigenvalue weighted by Gasteiger charge is 2.37. The smallest absolute Gasteiger partial charge is 0.191 e. The van der Waals surface area contributed by atoms with Crippen LogP contribution < -0.4 is 20.1 Å². The number of nitrogens with one attached hydrogen (secondary N) is 2. The van der Waals surface area contributed by atoms with E-state index < -0.39 is 6.10 Å². The van der Waals surface area contributed by atoms with E-state index in [-0.39, 0.29) is 54.3 Å². The second-order valence-corrected chi connectivity index (χ2v) is 16.2. The van der Waals surface area contributed by atoms with Crippen LogP contribution in [0.3, 0.4) is 0 Å². The van der Waals surface area contributed by atoms with Crippen molar-refractivity contribution in [2.24, 2.45) is 22.7 Å². The number of ketones is 1. The quantitative estimate of drug-likeness (QED) is 0.226. The van der Waals surface area contributed by atoms with Crippen molar-refractivity contribution in [1.82, 2.24) is 10.6 Å².